The molecule has 1 aliphatic heterocycles. The average molecular weight is 361 g/mol. The zero-order valence-electron chi connectivity index (χ0n) is 15.0. The fraction of sp³-hybridized carbons (Fsp3) is 0.474. The minimum atomic E-state index is -0.451. The van der Waals surface area contributed by atoms with Gasteiger partial charge in [-0.2, -0.15) is 0 Å². The van der Waals surface area contributed by atoms with Gasteiger partial charge in [-0.3, -0.25) is 9.69 Å². The van der Waals surface area contributed by atoms with Crippen LogP contribution < -0.4 is 0 Å². The van der Waals surface area contributed by atoms with Crippen LogP contribution in [0.3, 0.4) is 0 Å². The summed E-state index contributed by atoms with van der Waals surface area (Å²) in [6.07, 6.45) is 0. The van der Waals surface area contributed by atoms with E-state index < -0.39 is 5.82 Å². The topological polar surface area (TPSA) is 36.4 Å². The van der Waals surface area contributed by atoms with Gasteiger partial charge in [-0.15, -0.1) is 11.3 Å². The van der Waals surface area contributed by atoms with Crippen LogP contribution in [0, 0.1) is 5.82 Å². The summed E-state index contributed by atoms with van der Waals surface area (Å²) in [7, 11) is 0. The smallest absolute Gasteiger partial charge is 0.256 e. The van der Waals surface area contributed by atoms with E-state index in [2.05, 4.69) is 31.1 Å². The van der Waals surface area contributed by atoms with Crippen molar-refractivity contribution < 1.29 is 9.18 Å². The number of rotatable bonds is 3. The summed E-state index contributed by atoms with van der Waals surface area (Å²) in [5, 5.41) is 3.24. The largest absolute Gasteiger partial charge is 0.336 e. The second-order valence-corrected chi connectivity index (χ2v) is 8.37. The minimum absolute atomic E-state index is 0.0691. The Balaban J connectivity index is 1.56. The van der Waals surface area contributed by atoms with Gasteiger partial charge in [-0.05, 0) is 12.1 Å². The van der Waals surface area contributed by atoms with Crippen molar-refractivity contribution in [2.75, 3.05) is 26.2 Å². The van der Waals surface area contributed by atoms with E-state index in [0.717, 1.165) is 30.3 Å². The van der Waals surface area contributed by atoms with Crippen molar-refractivity contribution in [1.29, 1.82) is 0 Å². The maximum Gasteiger partial charge on any atom is 0.256 e. The van der Waals surface area contributed by atoms with Crippen LogP contribution in [-0.4, -0.2) is 46.9 Å². The molecule has 2 aromatic rings. The molecule has 0 unspecified atom stereocenters. The van der Waals surface area contributed by atoms with Gasteiger partial charge >= 0.3 is 0 Å². The highest BCUT2D eigenvalue weighted by Crippen LogP contribution is 2.24. The lowest BCUT2D eigenvalue weighted by molar-refractivity contribution is 0.0624. The van der Waals surface area contributed by atoms with Crippen LogP contribution in [0.5, 0.6) is 0 Å². The molecular weight excluding hydrogens is 337 g/mol. The van der Waals surface area contributed by atoms with Gasteiger partial charge in [0.2, 0.25) is 0 Å². The Kier molecular flexibility index (Phi) is 5.20. The molecule has 4 nitrogen and oxygen atoms in total. The van der Waals surface area contributed by atoms with Crippen LogP contribution in [0.25, 0.3) is 0 Å². The molecule has 1 aliphatic rings. The zero-order valence-corrected chi connectivity index (χ0v) is 15.8. The summed E-state index contributed by atoms with van der Waals surface area (Å²) in [6.45, 7) is 10.1. The van der Waals surface area contributed by atoms with Crippen LogP contribution in [0.1, 0.15) is 41.8 Å². The van der Waals surface area contributed by atoms with E-state index in [0.29, 0.717) is 13.1 Å². The van der Waals surface area contributed by atoms with Crippen LogP contribution in [0.2, 0.25) is 0 Å². The van der Waals surface area contributed by atoms with Crippen molar-refractivity contribution in [3.8, 4) is 0 Å². The molecule has 0 atom stereocenters. The quantitative estimate of drug-likeness (QED) is 0.839. The molecule has 1 amide bonds. The lowest BCUT2D eigenvalue weighted by atomic mass is 9.93. The number of aromatic nitrogens is 1. The van der Waals surface area contributed by atoms with E-state index in [-0.39, 0.29) is 16.9 Å². The van der Waals surface area contributed by atoms with Crippen LogP contribution in [0.4, 0.5) is 4.39 Å². The number of benzene rings is 1. The van der Waals surface area contributed by atoms with Crippen molar-refractivity contribution in [2.45, 2.75) is 32.7 Å². The predicted octanol–water partition coefficient (Wildman–Crippen LogP) is 3.54. The molecule has 1 aromatic carbocycles. The first-order valence-electron chi connectivity index (χ1n) is 8.55. The zero-order chi connectivity index (χ0) is 18.0. The number of hydrogen-bond donors (Lipinski definition) is 0. The van der Waals surface area contributed by atoms with Gasteiger partial charge in [0.25, 0.3) is 5.91 Å². The van der Waals surface area contributed by atoms with E-state index in [1.165, 1.54) is 6.07 Å². The number of halogens is 1. The third-order valence-corrected chi connectivity index (χ3v) is 5.28. The number of carbonyl (C=O) groups excluding carboxylic acids is 1. The highest BCUT2D eigenvalue weighted by atomic mass is 32.1. The lowest BCUT2D eigenvalue weighted by Gasteiger charge is -2.34. The van der Waals surface area contributed by atoms with Crippen LogP contribution >= 0.6 is 11.3 Å². The molecule has 0 spiro atoms. The monoisotopic (exact) mass is 361 g/mol. The second-order valence-electron chi connectivity index (χ2n) is 7.42. The second kappa shape index (κ2) is 7.22. The van der Waals surface area contributed by atoms with Gasteiger partial charge in [0, 0.05) is 37.0 Å². The van der Waals surface area contributed by atoms with Crippen molar-refractivity contribution in [3.63, 3.8) is 0 Å². The Morgan fingerprint density at radius 1 is 1.20 bits per heavy atom. The van der Waals surface area contributed by atoms with Crippen molar-refractivity contribution >= 4 is 17.2 Å². The number of nitrogens with zero attached hydrogens (tertiary/aromatic N) is 3. The fourth-order valence-electron chi connectivity index (χ4n) is 2.83. The number of thiazole rings is 1. The fourth-order valence-corrected chi connectivity index (χ4v) is 3.90. The molecule has 6 heteroatoms. The van der Waals surface area contributed by atoms with E-state index >= 15 is 0 Å². The number of carbonyl (C=O) groups is 1. The highest BCUT2D eigenvalue weighted by molar-refractivity contribution is 7.09. The summed E-state index contributed by atoms with van der Waals surface area (Å²) >= 11 is 1.69. The first-order valence-corrected chi connectivity index (χ1v) is 9.43. The SMILES string of the molecule is CC(C)(C)c1csc(CN2CCN(C(=O)c3ccccc3F)CC2)n1. The molecule has 1 saturated heterocycles. The van der Waals surface area contributed by atoms with Crippen molar-refractivity contribution in [2.24, 2.45) is 0 Å². The molecule has 0 N–H and O–H groups in total. The van der Waals surface area contributed by atoms with Gasteiger partial charge in [0.15, 0.2) is 0 Å². The molecule has 0 aliphatic carbocycles. The lowest BCUT2D eigenvalue weighted by Crippen LogP contribution is -2.48. The van der Waals surface area contributed by atoms with Crippen molar-refractivity contribution in [3.05, 3.63) is 51.7 Å². The van der Waals surface area contributed by atoms with Gasteiger partial charge in [-0.1, -0.05) is 32.9 Å². The van der Waals surface area contributed by atoms with Gasteiger partial charge in [-0.25, -0.2) is 9.37 Å². The molecule has 134 valence electrons. The molecule has 0 bridgehead atoms. The number of amides is 1. The third-order valence-electron chi connectivity index (χ3n) is 4.44. The standard InChI is InChI=1S/C19H24FN3OS/c1-19(2,3)16-13-25-17(21-16)12-22-8-10-23(11-9-22)18(24)14-6-4-5-7-15(14)20/h4-7,13H,8-12H2,1-3H3. The molecule has 1 fully saturated rings. The Morgan fingerprint density at radius 3 is 2.48 bits per heavy atom. The molecule has 0 radical (unpaired) electrons. The third kappa shape index (κ3) is 4.25. The molecule has 0 saturated carbocycles. The summed E-state index contributed by atoms with van der Waals surface area (Å²) in [5.74, 6) is -0.672. The normalized spacial score (nSPS) is 16.2. The summed E-state index contributed by atoms with van der Waals surface area (Å²) in [6, 6.07) is 6.18. The van der Waals surface area contributed by atoms with Crippen LogP contribution in [-0.2, 0) is 12.0 Å². The van der Waals surface area contributed by atoms with Crippen LogP contribution in [0.15, 0.2) is 29.6 Å². The molecule has 2 heterocycles. The Hall–Kier alpha value is -1.79. The average Bonchev–Trinajstić information content (AvgIpc) is 3.04. The number of hydrogen-bond acceptors (Lipinski definition) is 4. The van der Waals surface area contributed by atoms with E-state index in [1.807, 2.05) is 0 Å². The first kappa shape index (κ1) is 18.0. The van der Waals surface area contributed by atoms with E-state index in [4.69, 9.17) is 4.98 Å². The highest BCUT2D eigenvalue weighted by Gasteiger charge is 2.25. The maximum atomic E-state index is 13.8. The van der Waals surface area contributed by atoms with Crippen molar-refractivity contribution in [1.82, 2.24) is 14.8 Å². The first-order chi connectivity index (χ1) is 11.8. The Morgan fingerprint density at radius 2 is 1.88 bits per heavy atom. The Labute approximate surface area is 152 Å². The Bertz CT molecular complexity index is 745. The molecular formula is C19H24FN3OS. The molecule has 3 rings (SSSR count). The van der Waals surface area contributed by atoms with E-state index in [1.54, 1.807) is 34.4 Å². The van der Waals surface area contributed by atoms with Gasteiger partial charge in [0.05, 0.1) is 17.8 Å². The van der Waals surface area contributed by atoms with Gasteiger partial charge in [0.1, 0.15) is 10.8 Å². The molecule has 1 aromatic heterocycles. The summed E-state index contributed by atoms with van der Waals surface area (Å²) in [4.78, 5) is 21.2. The minimum Gasteiger partial charge on any atom is -0.336 e. The maximum absolute atomic E-state index is 13.8. The molecule has 25 heavy (non-hydrogen) atoms. The summed E-state index contributed by atoms with van der Waals surface area (Å²) in [5.41, 5.74) is 1.35. The predicted molar refractivity (Wildman–Crippen MR) is 98.4 cm³/mol. The van der Waals surface area contributed by atoms with Gasteiger partial charge < -0.3 is 4.90 Å². The van der Waals surface area contributed by atoms with E-state index in [9.17, 15) is 9.18 Å². The summed E-state index contributed by atoms with van der Waals surface area (Å²) < 4.78 is 13.8. The number of piperazine rings is 1.